The minimum absolute atomic E-state index is 0.0152. The summed E-state index contributed by atoms with van der Waals surface area (Å²) in [4.78, 5) is 23.9. The van der Waals surface area contributed by atoms with Gasteiger partial charge in [-0.15, -0.1) is 0 Å². The molecule has 41 heavy (non-hydrogen) atoms. The predicted molar refractivity (Wildman–Crippen MR) is 159 cm³/mol. The zero-order chi connectivity index (χ0) is 29.7. The van der Waals surface area contributed by atoms with E-state index >= 15 is 0 Å². The average Bonchev–Trinajstić information content (AvgIpc) is 2.92. The fourth-order valence-corrected chi connectivity index (χ4v) is 4.81. The van der Waals surface area contributed by atoms with Crippen molar-refractivity contribution < 1.29 is 22.7 Å². The summed E-state index contributed by atoms with van der Waals surface area (Å²) in [6.45, 7) is 1.42. The van der Waals surface area contributed by atoms with Gasteiger partial charge in [-0.1, -0.05) is 22.0 Å². The Bertz CT molecular complexity index is 1560. The zero-order valence-corrected chi connectivity index (χ0v) is 24.4. The number of hydrogen-bond donors (Lipinski definition) is 3. The summed E-state index contributed by atoms with van der Waals surface area (Å²) in [5, 5.41) is 6.56. The third-order valence-corrected chi connectivity index (χ3v) is 6.81. The Kier molecular flexibility index (Phi) is 9.34. The molecule has 12 heteroatoms. The van der Waals surface area contributed by atoms with Crippen molar-refractivity contribution in [3.05, 3.63) is 70.3 Å². The van der Waals surface area contributed by atoms with Gasteiger partial charge in [-0.05, 0) is 81.5 Å². The van der Waals surface area contributed by atoms with Gasteiger partial charge in [0.25, 0.3) is 5.91 Å². The first kappa shape index (κ1) is 30.1. The van der Waals surface area contributed by atoms with Crippen LogP contribution in [0.3, 0.4) is 0 Å². The second kappa shape index (κ2) is 12.7. The summed E-state index contributed by atoms with van der Waals surface area (Å²) in [6, 6.07) is 12.0. The molecule has 0 fully saturated rings. The van der Waals surface area contributed by atoms with Crippen molar-refractivity contribution in [1.29, 1.82) is 0 Å². The van der Waals surface area contributed by atoms with Gasteiger partial charge in [-0.3, -0.25) is 4.79 Å². The number of methoxy groups -OCH3 is 1. The van der Waals surface area contributed by atoms with Crippen LogP contribution in [0.1, 0.15) is 28.8 Å². The number of unbranched alkanes of at least 4 members (excludes halogenated alkanes) is 1. The molecule has 0 saturated heterocycles. The third-order valence-electron chi connectivity index (χ3n) is 6.35. The summed E-state index contributed by atoms with van der Waals surface area (Å²) in [5.41, 5.74) is 7.33. The Labute approximate surface area is 244 Å². The number of amides is 1. The molecule has 0 unspecified atom stereocenters. The monoisotopic (exact) mass is 630 g/mol. The summed E-state index contributed by atoms with van der Waals surface area (Å²) in [7, 11) is 5.38. The molecule has 0 aliphatic heterocycles. The minimum Gasteiger partial charge on any atom is -0.495 e. The molecule has 0 saturated carbocycles. The van der Waals surface area contributed by atoms with E-state index in [9.17, 15) is 18.0 Å². The van der Waals surface area contributed by atoms with Crippen LogP contribution in [0, 0.1) is 0 Å². The molecule has 8 nitrogen and oxygen atoms in total. The maximum atomic E-state index is 13.6. The number of alkyl halides is 3. The lowest BCUT2D eigenvalue weighted by atomic mass is 9.99. The molecule has 0 radical (unpaired) electrons. The Balaban J connectivity index is 1.67. The van der Waals surface area contributed by atoms with Gasteiger partial charge in [-0.25, -0.2) is 9.97 Å². The molecular weight excluding hydrogens is 601 g/mol. The van der Waals surface area contributed by atoms with Gasteiger partial charge in [0.1, 0.15) is 5.75 Å². The highest BCUT2D eigenvalue weighted by atomic mass is 79.9. The molecule has 4 N–H and O–H groups in total. The molecule has 0 spiro atoms. The second-order valence-electron chi connectivity index (χ2n) is 9.69. The van der Waals surface area contributed by atoms with Crippen LogP contribution in [0.5, 0.6) is 5.75 Å². The topological polar surface area (TPSA) is 105 Å². The van der Waals surface area contributed by atoms with Crippen molar-refractivity contribution in [2.24, 2.45) is 0 Å². The number of nitrogens with zero attached hydrogens (tertiary/aromatic N) is 3. The lowest BCUT2D eigenvalue weighted by molar-refractivity contribution is -0.137. The molecule has 1 aromatic heterocycles. The number of carbonyl (C=O) groups excluding carboxylic acids is 1. The van der Waals surface area contributed by atoms with Crippen molar-refractivity contribution in [3.63, 3.8) is 0 Å². The molecule has 0 aliphatic rings. The lowest BCUT2D eigenvalue weighted by Gasteiger charge is -2.18. The number of halogens is 4. The second-order valence-corrected chi connectivity index (χ2v) is 10.6. The Morgan fingerprint density at radius 1 is 1.07 bits per heavy atom. The van der Waals surface area contributed by atoms with Crippen molar-refractivity contribution in [1.82, 2.24) is 14.9 Å². The quantitative estimate of drug-likeness (QED) is 0.168. The van der Waals surface area contributed by atoms with Crippen LogP contribution < -0.4 is 21.1 Å². The van der Waals surface area contributed by atoms with E-state index in [0.29, 0.717) is 27.8 Å². The van der Waals surface area contributed by atoms with Crippen LogP contribution in [0.4, 0.5) is 30.5 Å². The molecule has 0 aliphatic carbocycles. The molecular formula is C29H30BrF3N6O2. The van der Waals surface area contributed by atoms with Gasteiger partial charge in [-0.2, -0.15) is 13.2 Å². The molecule has 1 heterocycles. The third kappa shape index (κ3) is 7.44. The number of carbonyl (C=O) groups is 1. The number of nitrogens with one attached hydrogen (secondary N) is 2. The standard InChI is InChI=1S/C29H30BrF3N6O2/c1-39(2)11-5-4-10-35-24-9-7-19(29(31,32)33)13-25(24)37-27(40)22-15-20(30)14-21(26(22)41-3)17-6-8-23-18(12-17)16-36-28(34)38-23/h6-9,12-16,35H,4-5,10-11H2,1-3H3,(H,37,40)(H2,34,36,38). The number of nitrogens with two attached hydrogens (primary N) is 1. The smallest absolute Gasteiger partial charge is 0.416 e. The number of rotatable bonds is 10. The summed E-state index contributed by atoms with van der Waals surface area (Å²) >= 11 is 3.46. The van der Waals surface area contributed by atoms with Crippen LogP contribution in [-0.4, -0.2) is 55.1 Å². The van der Waals surface area contributed by atoms with Crippen LogP contribution in [0.15, 0.2) is 59.2 Å². The average molecular weight is 631 g/mol. The Morgan fingerprint density at radius 3 is 2.56 bits per heavy atom. The lowest BCUT2D eigenvalue weighted by Crippen LogP contribution is -2.17. The van der Waals surface area contributed by atoms with E-state index in [-0.39, 0.29) is 22.9 Å². The van der Waals surface area contributed by atoms with Gasteiger partial charge in [0.15, 0.2) is 0 Å². The first-order valence-electron chi connectivity index (χ1n) is 12.8. The first-order chi connectivity index (χ1) is 19.5. The van der Waals surface area contributed by atoms with Gasteiger partial charge in [0.2, 0.25) is 5.95 Å². The number of ether oxygens (including phenoxy) is 1. The molecule has 4 aromatic rings. The SMILES string of the molecule is COc1c(C(=O)Nc2cc(C(F)(F)F)ccc2NCCCCN(C)C)cc(Br)cc1-c1ccc2nc(N)ncc2c1. The van der Waals surface area contributed by atoms with E-state index < -0.39 is 17.6 Å². The predicted octanol–water partition coefficient (Wildman–Crippen LogP) is 6.67. The molecule has 0 atom stereocenters. The number of anilines is 3. The van der Waals surface area contributed by atoms with Crippen LogP contribution in [0.25, 0.3) is 22.0 Å². The first-order valence-corrected chi connectivity index (χ1v) is 13.6. The normalized spacial score (nSPS) is 11.6. The minimum atomic E-state index is -4.57. The maximum absolute atomic E-state index is 13.6. The number of fused-ring (bicyclic) bond motifs is 1. The van der Waals surface area contributed by atoms with Crippen molar-refractivity contribution in [2.45, 2.75) is 19.0 Å². The highest BCUT2D eigenvalue weighted by Crippen LogP contribution is 2.39. The van der Waals surface area contributed by atoms with Crippen LogP contribution >= 0.6 is 15.9 Å². The number of hydrogen-bond acceptors (Lipinski definition) is 7. The zero-order valence-electron chi connectivity index (χ0n) is 22.8. The fraction of sp³-hybridized carbons (Fsp3) is 0.276. The largest absolute Gasteiger partial charge is 0.495 e. The number of benzene rings is 3. The van der Waals surface area contributed by atoms with Crippen molar-refractivity contribution >= 4 is 50.1 Å². The molecule has 216 valence electrons. The molecule has 0 bridgehead atoms. The van der Waals surface area contributed by atoms with Gasteiger partial charge in [0.05, 0.1) is 35.1 Å². The van der Waals surface area contributed by atoms with Gasteiger partial charge < -0.3 is 26.0 Å². The van der Waals surface area contributed by atoms with E-state index in [0.717, 1.165) is 42.5 Å². The summed E-state index contributed by atoms with van der Waals surface area (Å²) in [6.07, 6.45) is -1.26. The van der Waals surface area contributed by atoms with E-state index in [1.54, 1.807) is 24.4 Å². The fourth-order valence-electron chi connectivity index (χ4n) is 4.36. The van der Waals surface area contributed by atoms with E-state index in [4.69, 9.17) is 10.5 Å². The van der Waals surface area contributed by atoms with E-state index in [1.165, 1.54) is 13.2 Å². The van der Waals surface area contributed by atoms with E-state index in [1.807, 2.05) is 26.2 Å². The Hall–Kier alpha value is -3.90. The van der Waals surface area contributed by atoms with Crippen LogP contribution in [0.2, 0.25) is 0 Å². The van der Waals surface area contributed by atoms with Gasteiger partial charge in [0, 0.05) is 28.2 Å². The summed E-state index contributed by atoms with van der Waals surface area (Å²) < 4.78 is 46.9. The van der Waals surface area contributed by atoms with Crippen molar-refractivity contribution in [3.8, 4) is 16.9 Å². The molecule has 1 amide bonds. The number of nitrogen functional groups attached to an aromatic ring is 1. The Morgan fingerprint density at radius 2 is 1.85 bits per heavy atom. The van der Waals surface area contributed by atoms with Crippen molar-refractivity contribution in [2.75, 3.05) is 50.7 Å². The highest BCUT2D eigenvalue weighted by Gasteiger charge is 2.31. The maximum Gasteiger partial charge on any atom is 0.416 e. The highest BCUT2D eigenvalue weighted by molar-refractivity contribution is 9.10. The van der Waals surface area contributed by atoms with Gasteiger partial charge >= 0.3 is 6.18 Å². The molecule has 4 rings (SSSR count). The number of aromatic nitrogens is 2. The molecule has 3 aromatic carbocycles. The van der Waals surface area contributed by atoms with E-state index in [2.05, 4.69) is 41.4 Å². The van der Waals surface area contributed by atoms with Crippen LogP contribution in [-0.2, 0) is 6.18 Å². The summed E-state index contributed by atoms with van der Waals surface area (Å²) in [5.74, 6) is -0.218.